The van der Waals surface area contributed by atoms with E-state index in [4.69, 9.17) is 4.74 Å². The molecule has 1 N–H and O–H groups in total. The Morgan fingerprint density at radius 2 is 1.84 bits per heavy atom. The number of nitrogens with one attached hydrogen (secondary N) is 1. The Kier molecular flexibility index (Phi) is 3.45. The minimum Gasteiger partial charge on any atom is -0.445 e. The van der Waals surface area contributed by atoms with Gasteiger partial charge in [0.05, 0.1) is 0 Å². The van der Waals surface area contributed by atoms with E-state index in [2.05, 4.69) is 5.32 Å². The molecule has 3 nitrogen and oxygen atoms in total. The van der Waals surface area contributed by atoms with Crippen molar-refractivity contribution in [1.82, 2.24) is 0 Å². The number of hydrogen-bond acceptors (Lipinski definition) is 2. The smallest absolute Gasteiger partial charge is 0.411 e. The molecule has 0 aliphatic heterocycles. The Labute approximate surface area is 114 Å². The predicted octanol–water partition coefficient (Wildman–Crippen LogP) is 4.35. The number of anilines is 1. The van der Waals surface area contributed by atoms with Gasteiger partial charge in [-0.2, -0.15) is 0 Å². The third-order valence-electron chi connectivity index (χ3n) is 4.71. The van der Waals surface area contributed by atoms with Gasteiger partial charge in [-0.3, -0.25) is 5.32 Å². The number of ether oxygens (including phenoxy) is 1. The Balaban J connectivity index is 1.55. The summed E-state index contributed by atoms with van der Waals surface area (Å²) in [7, 11) is 0. The third kappa shape index (κ3) is 2.60. The summed E-state index contributed by atoms with van der Waals surface area (Å²) in [4.78, 5) is 11.9. The molecule has 0 saturated heterocycles. The predicted molar refractivity (Wildman–Crippen MR) is 75.1 cm³/mol. The van der Waals surface area contributed by atoms with E-state index in [9.17, 15) is 4.79 Å². The van der Waals surface area contributed by atoms with Gasteiger partial charge in [0, 0.05) is 11.1 Å². The zero-order valence-corrected chi connectivity index (χ0v) is 11.2. The van der Waals surface area contributed by atoms with Gasteiger partial charge in [-0.15, -0.1) is 0 Å². The van der Waals surface area contributed by atoms with Gasteiger partial charge in [0.15, 0.2) is 0 Å². The van der Waals surface area contributed by atoms with Crippen molar-refractivity contribution < 1.29 is 9.53 Å². The summed E-state index contributed by atoms with van der Waals surface area (Å²) < 4.78 is 5.63. The normalized spacial score (nSPS) is 24.5. The highest BCUT2D eigenvalue weighted by Crippen LogP contribution is 2.53. The summed E-state index contributed by atoms with van der Waals surface area (Å²) in [5.74, 6) is 0. The van der Waals surface area contributed by atoms with E-state index in [1.807, 2.05) is 30.3 Å². The highest BCUT2D eigenvalue weighted by atomic mass is 16.6. The lowest BCUT2D eigenvalue weighted by atomic mass is 9.58. The maximum atomic E-state index is 11.9. The van der Waals surface area contributed by atoms with Gasteiger partial charge >= 0.3 is 6.09 Å². The van der Waals surface area contributed by atoms with Gasteiger partial charge in [-0.05, 0) is 37.8 Å². The first kappa shape index (κ1) is 12.5. The van der Waals surface area contributed by atoms with Gasteiger partial charge in [0.1, 0.15) is 6.10 Å². The zero-order chi connectivity index (χ0) is 13.1. The number of carbonyl (C=O) groups is 1. The van der Waals surface area contributed by atoms with Crippen LogP contribution in [0.2, 0.25) is 0 Å². The fourth-order valence-electron chi connectivity index (χ4n) is 3.48. The summed E-state index contributed by atoms with van der Waals surface area (Å²) in [5, 5.41) is 2.80. The van der Waals surface area contributed by atoms with Crippen molar-refractivity contribution in [3.05, 3.63) is 30.3 Å². The van der Waals surface area contributed by atoms with E-state index in [-0.39, 0.29) is 12.2 Å². The van der Waals surface area contributed by atoms with Crippen molar-refractivity contribution in [2.24, 2.45) is 5.41 Å². The molecule has 0 aromatic heterocycles. The van der Waals surface area contributed by atoms with E-state index in [0.29, 0.717) is 5.41 Å². The highest BCUT2D eigenvalue weighted by Gasteiger charge is 2.49. The van der Waals surface area contributed by atoms with Crippen molar-refractivity contribution in [3.63, 3.8) is 0 Å². The second-order valence-corrected chi connectivity index (χ2v) is 5.85. The Bertz CT molecular complexity index is 437. The van der Waals surface area contributed by atoms with Crippen LogP contribution >= 0.6 is 0 Å². The molecule has 2 fully saturated rings. The van der Waals surface area contributed by atoms with Crippen LogP contribution in [-0.2, 0) is 4.74 Å². The largest absolute Gasteiger partial charge is 0.445 e. The molecule has 1 aromatic carbocycles. The molecule has 19 heavy (non-hydrogen) atoms. The second kappa shape index (κ2) is 5.24. The summed E-state index contributed by atoms with van der Waals surface area (Å²) in [6.07, 6.45) is 8.48. The van der Waals surface area contributed by atoms with Crippen LogP contribution in [0.1, 0.15) is 44.9 Å². The first-order valence-corrected chi connectivity index (χ1v) is 7.31. The third-order valence-corrected chi connectivity index (χ3v) is 4.71. The number of benzene rings is 1. The van der Waals surface area contributed by atoms with Crippen LogP contribution in [-0.4, -0.2) is 12.2 Å². The quantitative estimate of drug-likeness (QED) is 0.857. The minimum atomic E-state index is -0.305. The van der Waals surface area contributed by atoms with Crippen molar-refractivity contribution in [1.29, 1.82) is 0 Å². The first-order chi connectivity index (χ1) is 9.28. The van der Waals surface area contributed by atoms with Crippen molar-refractivity contribution in [3.8, 4) is 0 Å². The number of para-hydroxylation sites is 1. The number of carbonyl (C=O) groups excluding carboxylic acids is 1. The lowest BCUT2D eigenvalue weighted by Crippen LogP contribution is -2.49. The van der Waals surface area contributed by atoms with Gasteiger partial charge in [-0.25, -0.2) is 4.79 Å². The molecule has 102 valence electrons. The van der Waals surface area contributed by atoms with Crippen LogP contribution in [0.4, 0.5) is 10.5 Å². The molecule has 0 bridgehead atoms. The average Bonchev–Trinajstić information content (AvgIpc) is 2.46. The number of rotatable bonds is 2. The first-order valence-electron chi connectivity index (χ1n) is 7.31. The molecule has 1 aromatic rings. The molecule has 0 radical (unpaired) electrons. The van der Waals surface area contributed by atoms with E-state index in [1.54, 1.807) is 0 Å². The van der Waals surface area contributed by atoms with Gasteiger partial charge in [-0.1, -0.05) is 37.5 Å². The molecule has 3 heteroatoms. The molecule has 0 unspecified atom stereocenters. The van der Waals surface area contributed by atoms with Crippen LogP contribution in [0.15, 0.2) is 30.3 Å². The Morgan fingerprint density at radius 1 is 1.11 bits per heavy atom. The maximum absolute atomic E-state index is 11.9. The van der Waals surface area contributed by atoms with Gasteiger partial charge in [0.2, 0.25) is 0 Å². The lowest BCUT2D eigenvalue weighted by Gasteiger charge is -2.50. The maximum Gasteiger partial charge on any atom is 0.411 e. The SMILES string of the molecule is O=C(Nc1ccccc1)O[C@H]1CCC12CCCCC2. The molecule has 0 heterocycles. The van der Waals surface area contributed by atoms with Crippen LogP contribution in [0, 0.1) is 5.41 Å². The van der Waals surface area contributed by atoms with Gasteiger partial charge < -0.3 is 4.74 Å². The molecule has 2 saturated carbocycles. The van der Waals surface area contributed by atoms with E-state index in [1.165, 1.54) is 38.5 Å². The fourth-order valence-corrected chi connectivity index (χ4v) is 3.48. The van der Waals surface area contributed by atoms with E-state index >= 15 is 0 Å². The van der Waals surface area contributed by atoms with E-state index < -0.39 is 0 Å². The lowest BCUT2D eigenvalue weighted by molar-refractivity contribution is -0.0890. The molecule has 1 amide bonds. The highest BCUT2D eigenvalue weighted by molar-refractivity contribution is 5.84. The summed E-state index contributed by atoms with van der Waals surface area (Å²) in [5.41, 5.74) is 1.11. The monoisotopic (exact) mass is 259 g/mol. The van der Waals surface area contributed by atoms with Crippen LogP contribution in [0.25, 0.3) is 0 Å². The molecule has 2 aliphatic carbocycles. The Hall–Kier alpha value is -1.51. The molecular weight excluding hydrogens is 238 g/mol. The fraction of sp³-hybridized carbons (Fsp3) is 0.562. The summed E-state index contributed by atoms with van der Waals surface area (Å²) in [6.45, 7) is 0. The molecule has 3 rings (SSSR count). The van der Waals surface area contributed by atoms with Crippen LogP contribution < -0.4 is 5.32 Å². The summed E-state index contributed by atoms with van der Waals surface area (Å²) in [6, 6.07) is 9.49. The van der Waals surface area contributed by atoms with Crippen molar-refractivity contribution in [2.45, 2.75) is 51.0 Å². The standard InChI is InChI=1S/C16H21NO2/c18-15(17-13-7-3-1-4-8-13)19-14-9-12-16(14)10-5-2-6-11-16/h1,3-4,7-8,14H,2,5-6,9-12H2,(H,17,18)/t14-/m0/s1. The van der Waals surface area contributed by atoms with Crippen LogP contribution in [0.5, 0.6) is 0 Å². The number of hydrogen-bond donors (Lipinski definition) is 1. The molecule has 1 atom stereocenters. The Morgan fingerprint density at radius 3 is 2.47 bits per heavy atom. The number of amides is 1. The molecular formula is C16H21NO2. The summed E-state index contributed by atoms with van der Waals surface area (Å²) >= 11 is 0. The topological polar surface area (TPSA) is 38.3 Å². The van der Waals surface area contributed by atoms with E-state index in [0.717, 1.165) is 12.1 Å². The molecule has 1 spiro atoms. The van der Waals surface area contributed by atoms with Crippen LogP contribution in [0.3, 0.4) is 0 Å². The van der Waals surface area contributed by atoms with Crippen molar-refractivity contribution in [2.75, 3.05) is 5.32 Å². The minimum absolute atomic E-state index is 0.136. The van der Waals surface area contributed by atoms with Gasteiger partial charge in [0.25, 0.3) is 0 Å². The molecule has 2 aliphatic rings. The zero-order valence-electron chi connectivity index (χ0n) is 11.2. The second-order valence-electron chi connectivity index (χ2n) is 5.85. The average molecular weight is 259 g/mol. The van der Waals surface area contributed by atoms with Crippen molar-refractivity contribution >= 4 is 11.8 Å².